The van der Waals surface area contributed by atoms with Crippen molar-refractivity contribution in [3.05, 3.63) is 65.9 Å². The Bertz CT molecular complexity index is 944. The van der Waals surface area contributed by atoms with Gasteiger partial charge < -0.3 is 5.32 Å². The number of hydrogen-bond acceptors (Lipinski definition) is 4. The summed E-state index contributed by atoms with van der Waals surface area (Å²) in [4.78, 5) is 4.60. The minimum Gasteiger partial charge on any atom is -0.325 e. The zero-order valence-corrected chi connectivity index (χ0v) is 12.0. The minimum absolute atomic E-state index is 0.238. The molecule has 3 heterocycles. The van der Waals surface area contributed by atoms with Crippen LogP contribution in [0.3, 0.4) is 0 Å². The van der Waals surface area contributed by atoms with Crippen molar-refractivity contribution in [3.63, 3.8) is 0 Å². The highest BCUT2D eigenvalue weighted by atomic mass is 19.1. The SMILES string of the molecule is Fc1ccccc1Cc1nc(Nc2ccn[nH]2)cc2[nH]ncc12. The summed E-state index contributed by atoms with van der Waals surface area (Å²) in [6.45, 7) is 0. The molecule has 4 rings (SSSR count). The number of aromatic amines is 2. The number of benzene rings is 1. The molecule has 7 heteroatoms. The maximum Gasteiger partial charge on any atom is 0.133 e. The van der Waals surface area contributed by atoms with E-state index in [1.165, 1.54) is 6.07 Å². The Kier molecular flexibility index (Phi) is 3.23. The molecule has 23 heavy (non-hydrogen) atoms. The van der Waals surface area contributed by atoms with E-state index in [1.807, 2.05) is 12.1 Å². The second kappa shape index (κ2) is 5.53. The van der Waals surface area contributed by atoms with Crippen LogP contribution in [0.5, 0.6) is 0 Å². The number of anilines is 2. The molecule has 0 aliphatic carbocycles. The molecule has 0 fully saturated rings. The smallest absolute Gasteiger partial charge is 0.133 e. The van der Waals surface area contributed by atoms with Gasteiger partial charge in [0.2, 0.25) is 0 Å². The van der Waals surface area contributed by atoms with Crippen LogP contribution in [0.2, 0.25) is 0 Å². The van der Waals surface area contributed by atoms with E-state index in [2.05, 4.69) is 30.7 Å². The van der Waals surface area contributed by atoms with Crippen molar-refractivity contribution in [2.75, 3.05) is 5.32 Å². The van der Waals surface area contributed by atoms with E-state index in [1.54, 1.807) is 30.6 Å². The minimum atomic E-state index is -0.238. The molecule has 3 N–H and O–H groups in total. The van der Waals surface area contributed by atoms with Crippen LogP contribution in [0.15, 0.2) is 48.8 Å². The first-order valence-corrected chi connectivity index (χ1v) is 7.12. The van der Waals surface area contributed by atoms with Gasteiger partial charge >= 0.3 is 0 Å². The average Bonchev–Trinajstić information content (AvgIpc) is 3.21. The maximum atomic E-state index is 13.9. The molecule has 0 spiro atoms. The zero-order valence-electron chi connectivity index (χ0n) is 12.0. The summed E-state index contributed by atoms with van der Waals surface area (Å²) in [5.74, 6) is 1.13. The first kappa shape index (κ1) is 13.4. The van der Waals surface area contributed by atoms with Crippen LogP contribution < -0.4 is 5.32 Å². The molecule has 4 aromatic rings. The highest BCUT2D eigenvalue weighted by Crippen LogP contribution is 2.23. The number of halogens is 1. The molecule has 114 valence electrons. The third-order valence-corrected chi connectivity index (χ3v) is 3.60. The van der Waals surface area contributed by atoms with Gasteiger partial charge in [0.15, 0.2) is 0 Å². The molecule has 0 aliphatic heterocycles. The monoisotopic (exact) mass is 308 g/mol. The highest BCUT2D eigenvalue weighted by molar-refractivity contribution is 5.83. The van der Waals surface area contributed by atoms with E-state index < -0.39 is 0 Å². The van der Waals surface area contributed by atoms with Crippen molar-refractivity contribution in [2.45, 2.75) is 6.42 Å². The van der Waals surface area contributed by atoms with Crippen LogP contribution in [0, 0.1) is 5.82 Å². The van der Waals surface area contributed by atoms with E-state index in [9.17, 15) is 4.39 Å². The van der Waals surface area contributed by atoms with Gasteiger partial charge in [-0.1, -0.05) is 18.2 Å². The van der Waals surface area contributed by atoms with E-state index in [0.29, 0.717) is 17.8 Å². The third kappa shape index (κ3) is 2.64. The standard InChI is InChI=1S/C16H13FN6/c17-12-4-2-1-3-10(12)7-13-11-9-19-22-14(11)8-16(20-13)21-15-5-6-18-23-15/h1-6,8-9H,7H2,(H,19,22)(H2,18,20,21,23). The van der Waals surface area contributed by atoms with Gasteiger partial charge in [0.1, 0.15) is 17.5 Å². The van der Waals surface area contributed by atoms with Gasteiger partial charge in [0, 0.05) is 23.9 Å². The number of hydrogen-bond donors (Lipinski definition) is 3. The van der Waals surface area contributed by atoms with Crippen molar-refractivity contribution in [1.29, 1.82) is 0 Å². The molecule has 0 saturated heterocycles. The number of rotatable bonds is 4. The van der Waals surface area contributed by atoms with Gasteiger partial charge in [-0.2, -0.15) is 10.2 Å². The lowest BCUT2D eigenvalue weighted by molar-refractivity contribution is 0.613. The van der Waals surface area contributed by atoms with E-state index >= 15 is 0 Å². The zero-order chi connectivity index (χ0) is 15.6. The summed E-state index contributed by atoms with van der Waals surface area (Å²) in [7, 11) is 0. The summed E-state index contributed by atoms with van der Waals surface area (Å²) in [6, 6.07) is 10.4. The largest absolute Gasteiger partial charge is 0.325 e. The van der Waals surface area contributed by atoms with Crippen LogP contribution in [-0.2, 0) is 6.42 Å². The molecule has 3 aromatic heterocycles. The van der Waals surface area contributed by atoms with Crippen LogP contribution in [0.25, 0.3) is 10.9 Å². The fourth-order valence-electron chi connectivity index (χ4n) is 2.50. The summed E-state index contributed by atoms with van der Waals surface area (Å²) >= 11 is 0. The summed E-state index contributed by atoms with van der Waals surface area (Å²) < 4.78 is 13.9. The van der Waals surface area contributed by atoms with Gasteiger partial charge in [-0.3, -0.25) is 10.2 Å². The molecular formula is C16H13FN6. The number of aromatic nitrogens is 5. The topological polar surface area (TPSA) is 82.3 Å². The normalized spacial score (nSPS) is 11.0. The Balaban J connectivity index is 1.75. The summed E-state index contributed by atoms with van der Waals surface area (Å²) in [5.41, 5.74) is 2.19. The van der Waals surface area contributed by atoms with Crippen molar-refractivity contribution in [1.82, 2.24) is 25.4 Å². The molecule has 0 unspecified atom stereocenters. The third-order valence-electron chi connectivity index (χ3n) is 3.60. The van der Waals surface area contributed by atoms with Gasteiger partial charge in [0.25, 0.3) is 0 Å². The summed E-state index contributed by atoms with van der Waals surface area (Å²) in [5, 5.41) is 17.7. The molecule has 0 saturated carbocycles. The van der Waals surface area contributed by atoms with E-state index in [4.69, 9.17) is 0 Å². The van der Waals surface area contributed by atoms with Gasteiger partial charge in [-0.15, -0.1) is 0 Å². The quantitative estimate of drug-likeness (QED) is 0.541. The van der Waals surface area contributed by atoms with Gasteiger partial charge in [0.05, 0.1) is 23.6 Å². The van der Waals surface area contributed by atoms with Crippen molar-refractivity contribution >= 4 is 22.5 Å². The average molecular weight is 308 g/mol. The Morgan fingerprint density at radius 3 is 2.83 bits per heavy atom. The summed E-state index contributed by atoms with van der Waals surface area (Å²) in [6.07, 6.45) is 3.75. The predicted octanol–water partition coefficient (Wildman–Crippen LogP) is 3.15. The van der Waals surface area contributed by atoms with Crippen LogP contribution >= 0.6 is 0 Å². The van der Waals surface area contributed by atoms with Crippen molar-refractivity contribution in [2.24, 2.45) is 0 Å². The maximum absolute atomic E-state index is 13.9. The van der Waals surface area contributed by atoms with Crippen molar-refractivity contribution < 1.29 is 4.39 Å². The Morgan fingerprint density at radius 2 is 2.00 bits per heavy atom. The lowest BCUT2D eigenvalue weighted by Crippen LogP contribution is -2.00. The number of nitrogens with zero attached hydrogens (tertiary/aromatic N) is 3. The van der Waals surface area contributed by atoms with Crippen molar-refractivity contribution in [3.8, 4) is 0 Å². The molecule has 0 bridgehead atoms. The Hall–Kier alpha value is -3.22. The van der Waals surface area contributed by atoms with Crippen LogP contribution in [0.1, 0.15) is 11.3 Å². The van der Waals surface area contributed by atoms with E-state index in [0.717, 1.165) is 22.4 Å². The first-order valence-electron chi connectivity index (χ1n) is 7.12. The molecule has 0 aliphatic rings. The first-order chi connectivity index (χ1) is 11.3. The fourth-order valence-corrected chi connectivity index (χ4v) is 2.50. The molecule has 0 amide bonds. The van der Waals surface area contributed by atoms with Crippen LogP contribution in [0.4, 0.5) is 16.0 Å². The van der Waals surface area contributed by atoms with Crippen LogP contribution in [-0.4, -0.2) is 25.4 Å². The highest BCUT2D eigenvalue weighted by Gasteiger charge is 2.11. The second-order valence-electron chi connectivity index (χ2n) is 5.15. The molecule has 6 nitrogen and oxygen atoms in total. The lowest BCUT2D eigenvalue weighted by atomic mass is 10.1. The van der Waals surface area contributed by atoms with Gasteiger partial charge in [-0.05, 0) is 11.6 Å². The number of fused-ring (bicyclic) bond motifs is 1. The molecule has 0 atom stereocenters. The number of H-pyrrole nitrogens is 2. The molecule has 0 radical (unpaired) electrons. The predicted molar refractivity (Wildman–Crippen MR) is 85.0 cm³/mol. The fraction of sp³-hybridized carbons (Fsp3) is 0.0625. The van der Waals surface area contributed by atoms with Gasteiger partial charge in [-0.25, -0.2) is 9.37 Å². The Labute approximate surface area is 130 Å². The number of nitrogens with one attached hydrogen (secondary N) is 3. The lowest BCUT2D eigenvalue weighted by Gasteiger charge is -2.08. The molecular weight excluding hydrogens is 295 g/mol. The second-order valence-corrected chi connectivity index (χ2v) is 5.15. The molecule has 1 aromatic carbocycles. The Morgan fingerprint density at radius 1 is 1.09 bits per heavy atom. The number of pyridine rings is 1. The van der Waals surface area contributed by atoms with E-state index in [-0.39, 0.29) is 5.82 Å².